The van der Waals surface area contributed by atoms with Gasteiger partial charge in [-0.05, 0) is 19.1 Å². The first-order valence-corrected chi connectivity index (χ1v) is 5.84. The fourth-order valence-electron chi connectivity index (χ4n) is 1.55. The van der Waals surface area contributed by atoms with E-state index in [4.69, 9.17) is 15.2 Å². The lowest BCUT2D eigenvalue weighted by Crippen LogP contribution is -2.38. The number of nitrogens with two attached hydrogens (primary N) is 1. The van der Waals surface area contributed by atoms with Gasteiger partial charge in [0.25, 0.3) is 11.8 Å². The first-order chi connectivity index (χ1) is 9.04. The summed E-state index contributed by atoms with van der Waals surface area (Å²) in [5, 5.41) is 2.69. The fraction of sp³-hybridized carbons (Fsp3) is 0.385. The van der Waals surface area contributed by atoms with Crippen LogP contribution in [0.5, 0.6) is 5.75 Å². The number of amides is 2. The third kappa shape index (κ3) is 4.97. The van der Waals surface area contributed by atoms with Crippen LogP contribution in [0.2, 0.25) is 0 Å². The van der Waals surface area contributed by atoms with Crippen LogP contribution in [-0.4, -0.2) is 38.2 Å². The largest absolute Gasteiger partial charge is 0.483 e. The number of nitrogens with one attached hydrogen (secondary N) is 1. The molecule has 2 amide bonds. The number of carbonyl (C=O) groups excluding carboxylic acids is 2. The molecule has 1 unspecified atom stereocenters. The Morgan fingerprint density at radius 1 is 1.37 bits per heavy atom. The van der Waals surface area contributed by atoms with Gasteiger partial charge in [0.15, 0.2) is 6.61 Å². The van der Waals surface area contributed by atoms with Crippen LogP contribution in [-0.2, 0) is 9.53 Å². The Labute approximate surface area is 111 Å². The molecule has 1 rings (SSSR count). The molecule has 0 saturated heterocycles. The van der Waals surface area contributed by atoms with E-state index < -0.39 is 5.91 Å². The van der Waals surface area contributed by atoms with Gasteiger partial charge in [0, 0.05) is 13.2 Å². The highest BCUT2D eigenvalue weighted by atomic mass is 16.5. The van der Waals surface area contributed by atoms with Gasteiger partial charge < -0.3 is 20.5 Å². The number of benzene rings is 1. The van der Waals surface area contributed by atoms with E-state index in [0.29, 0.717) is 12.4 Å². The molecule has 104 valence electrons. The van der Waals surface area contributed by atoms with Gasteiger partial charge in [-0.2, -0.15) is 0 Å². The van der Waals surface area contributed by atoms with Crippen molar-refractivity contribution < 1.29 is 19.1 Å². The molecule has 1 aromatic rings. The van der Waals surface area contributed by atoms with E-state index in [0.717, 1.165) is 0 Å². The molecule has 1 aromatic carbocycles. The van der Waals surface area contributed by atoms with Crippen LogP contribution in [0, 0.1) is 0 Å². The highest BCUT2D eigenvalue weighted by molar-refractivity contribution is 5.95. The van der Waals surface area contributed by atoms with Gasteiger partial charge >= 0.3 is 0 Å². The maximum atomic E-state index is 11.6. The molecule has 0 bridgehead atoms. The normalized spacial score (nSPS) is 11.7. The highest BCUT2D eigenvalue weighted by Gasteiger charge is 2.11. The quantitative estimate of drug-likeness (QED) is 0.743. The van der Waals surface area contributed by atoms with Crippen LogP contribution in [0.15, 0.2) is 24.3 Å². The monoisotopic (exact) mass is 266 g/mol. The molecular formula is C13H18N2O4. The van der Waals surface area contributed by atoms with Crippen molar-refractivity contribution in [3.8, 4) is 5.75 Å². The van der Waals surface area contributed by atoms with E-state index in [1.165, 1.54) is 0 Å². The summed E-state index contributed by atoms with van der Waals surface area (Å²) in [5.41, 5.74) is 5.46. The summed E-state index contributed by atoms with van der Waals surface area (Å²) >= 11 is 0. The molecular weight excluding hydrogens is 248 g/mol. The first kappa shape index (κ1) is 15.0. The number of rotatable bonds is 7. The van der Waals surface area contributed by atoms with Gasteiger partial charge in [0.2, 0.25) is 0 Å². The van der Waals surface area contributed by atoms with Crippen molar-refractivity contribution in [1.82, 2.24) is 5.32 Å². The minimum Gasteiger partial charge on any atom is -0.483 e. The molecule has 0 spiro atoms. The molecule has 0 saturated carbocycles. The van der Waals surface area contributed by atoms with Gasteiger partial charge in [0.1, 0.15) is 5.75 Å². The lowest BCUT2D eigenvalue weighted by molar-refractivity contribution is -0.124. The molecule has 0 radical (unpaired) electrons. The van der Waals surface area contributed by atoms with E-state index >= 15 is 0 Å². The smallest absolute Gasteiger partial charge is 0.258 e. The topological polar surface area (TPSA) is 90.7 Å². The Balaban J connectivity index is 2.53. The molecule has 1 atom stereocenters. The summed E-state index contributed by atoms with van der Waals surface area (Å²) in [6, 6.07) is 6.41. The zero-order chi connectivity index (χ0) is 14.3. The van der Waals surface area contributed by atoms with Gasteiger partial charge in [-0.1, -0.05) is 12.1 Å². The third-order valence-electron chi connectivity index (χ3n) is 2.34. The number of hydrogen-bond donors (Lipinski definition) is 2. The van der Waals surface area contributed by atoms with Crippen molar-refractivity contribution in [2.45, 2.75) is 13.0 Å². The average molecular weight is 266 g/mol. The van der Waals surface area contributed by atoms with E-state index in [9.17, 15) is 9.59 Å². The second-order valence-electron chi connectivity index (χ2n) is 4.07. The van der Waals surface area contributed by atoms with Crippen LogP contribution >= 0.6 is 0 Å². The molecule has 0 aromatic heterocycles. The Kier molecular flexibility index (Phi) is 5.81. The maximum absolute atomic E-state index is 11.6. The van der Waals surface area contributed by atoms with Crippen LogP contribution in [0.1, 0.15) is 17.3 Å². The Morgan fingerprint density at radius 3 is 2.68 bits per heavy atom. The maximum Gasteiger partial charge on any atom is 0.258 e. The Bertz CT molecular complexity index is 448. The van der Waals surface area contributed by atoms with Crippen LogP contribution in [0.4, 0.5) is 0 Å². The van der Waals surface area contributed by atoms with E-state index in [2.05, 4.69) is 5.32 Å². The molecule has 3 N–H and O–H groups in total. The summed E-state index contributed by atoms with van der Waals surface area (Å²) in [7, 11) is 1.56. The minimum atomic E-state index is -0.594. The van der Waals surface area contributed by atoms with E-state index in [1.807, 2.05) is 6.92 Å². The average Bonchev–Trinajstić information content (AvgIpc) is 2.36. The zero-order valence-corrected chi connectivity index (χ0v) is 11.0. The third-order valence-corrected chi connectivity index (χ3v) is 2.34. The molecule has 6 nitrogen and oxygen atoms in total. The molecule has 0 aliphatic heterocycles. The SMILES string of the molecule is COCC(C)NC(=O)COc1ccccc1C(N)=O. The fourth-order valence-corrected chi connectivity index (χ4v) is 1.55. The van der Waals surface area contributed by atoms with Crippen molar-refractivity contribution in [2.24, 2.45) is 5.73 Å². The van der Waals surface area contributed by atoms with Crippen LogP contribution in [0.3, 0.4) is 0 Å². The second-order valence-corrected chi connectivity index (χ2v) is 4.07. The number of para-hydroxylation sites is 1. The number of carbonyl (C=O) groups is 2. The molecule has 0 heterocycles. The van der Waals surface area contributed by atoms with Crippen molar-refractivity contribution >= 4 is 11.8 Å². The predicted molar refractivity (Wildman–Crippen MR) is 69.9 cm³/mol. The van der Waals surface area contributed by atoms with Crippen molar-refractivity contribution in [2.75, 3.05) is 20.3 Å². The van der Waals surface area contributed by atoms with Gasteiger partial charge in [-0.3, -0.25) is 9.59 Å². The van der Waals surface area contributed by atoms with Crippen molar-refractivity contribution in [3.05, 3.63) is 29.8 Å². The minimum absolute atomic E-state index is 0.104. The molecule has 0 fully saturated rings. The standard InChI is InChI=1S/C13H18N2O4/c1-9(7-18-2)15-12(16)8-19-11-6-4-3-5-10(11)13(14)17/h3-6,9H,7-8H2,1-2H3,(H2,14,17)(H,15,16). The Hall–Kier alpha value is -2.08. The van der Waals surface area contributed by atoms with Gasteiger partial charge in [-0.15, -0.1) is 0 Å². The van der Waals surface area contributed by atoms with E-state index in [-0.39, 0.29) is 24.1 Å². The number of hydrogen-bond acceptors (Lipinski definition) is 4. The summed E-state index contributed by atoms with van der Waals surface area (Å²) in [6.07, 6.45) is 0. The van der Waals surface area contributed by atoms with E-state index in [1.54, 1.807) is 31.4 Å². The van der Waals surface area contributed by atoms with Gasteiger partial charge in [-0.25, -0.2) is 0 Å². The molecule has 0 aliphatic carbocycles. The first-order valence-electron chi connectivity index (χ1n) is 5.84. The lowest BCUT2D eigenvalue weighted by atomic mass is 10.2. The molecule has 6 heteroatoms. The summed E-state index contributed by atoms with van der Waals surface area (Å²) < 4.78 is 10.2. The lowest BCUT2D eigenvalue weighted by Gasteiger charge is -2.14. The predicted octanol–water partition coefficient (Wildman–Crippen LogP) is 0.315. The van der Waals surface area contributed by atoms with Crippen LogP contribution < -0.4 is 15.8 Å². The molecule has 0 aliphatic rings. The summed E-state index contributed by atoms with van der Waals surface area (Å²) in [4.78, 5) is 22.7. The number of methoxy groups -OCH3 is 1. The van der Waals surface area contributed by atoms with Gasteiger partial charge in [0.05, 0.1) is 12.2 Å². The summed E-state index contributed by atoms with van der Waals surface area (Å²) in [5.74, 6) is -0.586. The second kappa shape index (κ2) is 7.38. The van der Waals surface area contributed by atoms with Crippen molar-refractivity contribution in [1.29, 1.82) is 0 Å². The number of ether oxygens (including phenoxy) is 2. The summed E-state index contributed by atoms with van der Waals surface area (Å²) in [6.45, 7) is 2.06. The Morgan fingerprint density at radius 2 is 2.05 bits per heavy atom. The number of primary amides is 1. The van der Waals surface area contributed by atoms with Crippen LogP contribution in [0.25, 0.3) is 0 Å². The highest BCUT2D eigenvalue weighted by Crippen LogP contribution is 2.16. The zero-order valence-electron chi connectivity index (χ0n) is 11.0. The molecule has 19 heavy (non-hydrogen) atoms. The van der Waals surface area contributed by atoms with Crippen molar-refractivity contribution in [3.63, 3.8) is 0 Å².